The predicted octanol–water partition coefficient (Wildman–Crippen LogP) is 6.55. The van der Waals surface area contributed by atoms with Crippen molar-refractivity contribution in [3.05, 3.63) is 55.7 Å². The van der Waals surface area contributed by atoms with Crippen LogP contribution in [-0.2, 0) is 17.6 Å². The lowest BCUT2D eigenvalue weighted by atomic mass is 10.1. The lowest BCUT2D eigenvalue weighted by Gasteiger charge is -2.29. The number of hydrogen-bond donors (Lipinski definition) is 0. The number of alkyl halides is 7. The van der Waals surface area contributed by atoms with Crippen molar-refractivity contribution in [2.24, 2.45) is 0 Å². The molecule has 153 valence electrons. The van der Waals surface area contributed by atoms with Crippen LogP contribution in [0.1, 0.15) is 11.1 Å². The van der Waals surface area contributed by atoms with Crippen LogP contribution in [0.2, 0.25) is 5.15 Å². The van der Waals surface area contributed by atoms with Gasteiger partial charge in [0.2, 0.25) is 0 Å². The second kappa shape index (κ2) is 8.29. The van der Waals surface area contributed by atoms with Crippen molar-refractivity contribution < 1.29 is 35.3 Å². The third-order valence-electron chi connectivity index (χ3n) is 3.37. The standard InChI is InChI=1S/C15H6Br2ClF7NOS/c16-8-4-10(17)9(3-7-1-2-12(18)26-6-7)11(5-8)28(27)15(24,25)13(19,20)14(21,22)23/h1-2,5-6H,3H2. The fourth-order valence-electron chi connectivity index (χ4n) is 1.99. The summed E-state index contributed by atoms with van der Waals surface area (Å²) in [6.07, 6.45) is -5.61. The molecule has 0 fully saturated rings. The number of benzene rings is 1. The van der Waals surface area contributed by atoms with E-state index in [0.717, 1.165) is 6.07 Å². The molecule has 0 aliphatic carbocycles. The molecule has 1 heterocycles. The van der Waals surface area contributed by atoms with E-state index in [4.69, 9.17) is 11.6 Å². The Morgan fingerprint density at radius 1 is 1.11 bits per heavy atom. The highest BCUT2D eigenvalue weighted by molar-refractivity contribution is 9.11. The molecule has 1 aromatic carbocycles. The van der Waals surface area contributed by atoms with Crippen molar-refractivity contribution >= 4 is 54.6 Å². The number of rotatable bonds is 5. The Morgan fingerprint density at radius 2 is 1.71 bits per heavy atom. The Hall–Kier alpha value is -0.560. The van der Waals surface area contributed by atoms with Gasteiger partial charge in [0.05, 0.1) is 11.2 Å². The van der Waals surface area contributed by atoms with Gasteiger partial charge in [0, 0.05) is 39.3 Å². The summed E-state index contributed by atoms with van der Waals surface area (Å²) in [7, 11) is 0. The SMILES string of the molecule is [O-][S+](c1cc(Br)[c]c(Br)c1Cc1ccc(Cl)nc1)C(F)(F)C(F)(F)C(F)(F)F. The van der Waals surface area contributed by atoms with Gasteiger partial charge in [-0.15, -0.1) is 8.78 Å². The molecule has 13 heteroatoms. The van der Waals surface area contributed by atoms with Crippen LogP contribution in [0.5, 0.6) is 0 Å². The van der Waals surface area contributed by atoms with Crippen LogP contribution in [0.15, 0.2) is 38.2 Å². The van der Waals surface area contributed by atoms with E-state index in [0.29, 0.717) is 5.56 Å². The summed E-state index contributed by atoms with van der Waals surface area (Å²) in [6.45, 7) is 0. The van der Waals surface area contributed by atoms with Gasteiger partial charge in [0.25, 0.3) is 0 Å². The van der Waals surface area contributed by atoms with Crippen LogP contribution in [0, 0.1) is 6.07 Å². The van der Waals surface area contributed by atoms with Gasteiger partial charge in [0.1, 0.15) is 5.15 Å². The molecular weight excluding hydrogens is 570 g/mol. The largest absolute Gasteiger partial charge is 0.607 e. The fraction of sp³-hybridized carbons (Fsp3) is 0.267. The first kappa shape index (κ1) is 23.7. The van der Waals surface area contributed by atoms with Gasteiger partial charge in [-0.2, -0.15) is 22.0 Å². The average molecular weight is 577 g/mol. The molecule has 28 heavy (non-hydrogen) atoms. The van der Waals surface area contributed by atoms with Crippen molar-refractivity contribution in [2.75, 3.05) is 0 Å². The van der Waals surface area contributed by atoms with Gasteiger partial charge in [-0.3, -0.25) is 0 Å². The molecule has 0 saturated carbocycles. The van der Waals surface area contributed by atoms with E-state index in [9.17, 15) is 35.3 Å². The summed E-state index contributed by atoms with van der Waals surface area (Å²) >= 11 is 7.42. The Morgan fingerprint density at radius 3 is 2.21 bits per heavy atom. The van der Waals surface area contributed by atoms with Gasteiger partial charge in [-0.25, -0.2) is 4.98 Å². The van der Waals surface area contributed by atoms with Crippen molar-refractivity contribution in [1.29, 1.82) is 0 Å². The average Bonchev–Trinajstić information content (AvgIpc) is 2.56. The third-order valence-corrected chi connectivity index (χ3v) is 6.19. The molecule has 2 rings (SSSR count). The minimum absolute atomic E-state index is 0.0497. The minimum Gasteiger partial charge on any atom is -0.607 e. The van der Waals surface area contributed by atoms with E-state index in [1.165, 1.54) is 18.3 Å². The second-order valence-corrected chi connectivity index (χ2v) is 8.82. The minimum atomic E-state index is -6.60. The summed E-state index contributed by atoms with van der Waals surface area (Å²) in [5, 5.41) is -5.80. The monoisotopic (exact) mass is 574 g/mol. The normalized spacial score (nSPS) is 14.2. The number of halogens is 10. The van der Waals surface area contributed by atoms with Crippen LogP contribution in [0.25, 0.3) is 0 Å². The molecule has 2 aromatic rings. The van der Waals surface area contributed by atoms with E-state index >= 15 is 0 Å². The van der Waals surface area contributed by atoms with Crippen molar-refractivity contribution in [3.8, 4) is 0 Å². The maximum absolute atomic E-state index is 14.0. The smallest absolute Gasteiger partial charge is 0.486 e. The highest BCUT2D eigenvalue weighted by atomic mass is 79.9. The quantitative estimate of drug-likeness (QED) is 0.230. The summed E-state index contributed by atoms with van der Waals surface area (Å²) in [6, 6.07) is 6.12. The van der Waals surface area contributed by atoms with Crippen molar-refractivity contribution in [3.63, 3.8) is 0 Å². The highest BCUT2D eigenvalue weighted by Gasteiger charge is 2.80. The van der Waals surface area contributed by atoms with Gasteiger partial charge in [0.15, 0.2) is 4.90 Å². The van der Waals surface area contributed by atoms with E-state index in [1.807, 2.05) is 0 Å². The third kappa shape index (κ3) is 4.61. The van der Waals surface area contributed by atoms with Gasteiger partial charge in [-0.1, -0.05) is 17.7 Å². The summed E-state index contributed by atoms with van der Waals surface area (Å²) < 4.78 is 104. The van der Waals surface area contributed by atoms with Crippen LogP contribution in [0.3, 0.4) is 0 Å². The van der Waals surface area contributed by atoms with Crippen molar-refractivity contribution in [1.82, 2.24) is 4.98 Å². The second-order valence-electron chi connectivity index (χ2n) is 5.30. The Balaban J connectivity index is 2.56. The van der Waals surface area contributed by atoms with Gasteiger partial charge in [-0.05, 0) is 43.5 Å². The molecule has 1 atom stereocenters. The molecule has 0 saturated heterocycles. The molecule has 1 radical (unpaired) electrons. The first-order valence-electron chi connectivity index (χ1n) is 6.93. The number of nitrogens with zero attached hydrogens (tertiary/aromatic N) is 1. The van der Waals surface area contributed by atoms with Crippen LogP contribution >= 0.6 is 43.5 Å². The Labute approximate surface area is 178 Å². The number of aromatic nitrogens is 1. The maximum atomic E-state index is 14.0. The zero-order valence-corrected chi connectivity index (χ0v) is 17.8. The first-order valence-corrected chi connectivity index (χ1v) is 10.0. The Bertz CT molecular complexity index is 865. The molecule has 0 amide bonds. The van der Waals surface area contributed by atoms with E-state index < -0.39 is 33.4 Å². The topological polar surface area (TPSA) is 36.0 Å². The van der Waals surface area contributed by atoms with E-state index in [-0.39, 0.29) is 26.1 Å². The highest BCUT2D eigenvalue weighted by Crippen LogP contribution is 2.51. The predicted molar refractivity (Wildman–Crippen MR) is 95.1 cm³/mol. The van der Waals surface area contributed by atoms with Gasteiger partial charge >= 0.3 is 17.4 Å². The molecule has 2 nitrogen and oxygen atoms in total. The summed E-state index contributed by atoms with van der Waals surface area (Å²) in [5.74, 6) is -6.51. The van der Waals surface area contributed by atoms with E-state index in [1.54, 1.807) is 0 Å². The molecular formula is C15H6Br2ClF7NOS. The molecule has 0 N–H and O–H groups in total. The molecule has 0 aliphatic rings. The number of pyridine rings is 1. The zero-order chi connectivity index (χ0) is 21.5. The maximum Gasteiger partial charge on any atom is 0.486 e. The lowest BCUT2D eigenvalue weighted by Crippen LogP contribution is -2.56. The van der Waals surface area contributed by atoms with Crippen LogP contribution < -0.4 is 0 Å². The summed E-state index contributed by atoms with van der Waals surface area (Å²) in [4.78, 5) is 2.84. The Kier molecular flexibility index (Phi) is 7.02. The van der Waals surface area contributed by atoms with Crippen LogP contribution in [0.4, 0.5) is 30.7 Å². The fourth-order valence-corrected chi connectivity index (χ4v) is 4.89. The molecule has 1 aromatic heterocycles. The summed E-state index contributed by atoms with van der Waals surface area (Å²) in [5.41, 5.74) is 0.133. The molecule has 0 spiro atoms. The van der Waals surface area contributed by atoms with E-state index in [2.05, 4.69) is 42.9 Å². The van der Waals surface area contributed by atoms with Gasteiger partial charge < -0.3 is 4.55 Å². The zero-order valence-electron chi connectivity index (χ0n) is 13.1. The molecule has 0 aliphatic heterocycles. The first-order chi connectivity index (χ1) is 12.7. The molecule has 1 unspecified atom stereocenters. The lowest BCUT2D eigenvalue weighted by molar-refractivity contribution is -0.332. The van der Waals surface area contributed by atoms with Crippen molar-refractivity contribution in [2.45, 2.75) is 28.7 Å². The van der Waals surface area contributed by atoms with Crippen LogP contribution in [-0.4, -0.2) is 26.9 Å². The molecule has 0 bridgehead atoms. The number of hydrogen-bond acceptors (Lipinski definition) is 2.